The molecule has 2 aromatic rings. The van der Waals surface area contributed by atoms with Crippen LogP contribution in [0.15, 0.2) is 36.4 Å². The zero-order chi connectivity index (χ0) is 32.4. The Morgan fingerprint density at radius 3 is 2.13 bits per heavy atom. The highest BCUT2D eigenvalue weighted by molar-refractivity contribution is 9.11. The smallest absolute Gasteiger partial charge is 0.324 e. The molecule has 0 atom stereocenters. The van der Waals surface area contributed by atoms with Crippen molar-refractivity contribution in [3.8, 4) is 0 Å². The summed E-state index contributed by atoms with van der Waals surface area (Å²) >= 11 is 15.6. The summed E-state index contributed by atoms with van der Waals surface area (Å²) in [6, 6.07) is 3.09. The lowest BCUT2D eigenvalue weighted by atomic mass is 9.87. The molecule has 3 saturated heterocycles. The van der Waals surface area contributed by atoms with Gasteiger partial charge in [-0.2, -0.15) is 20.8 Å². The fourth-order valence-corrected chi connectivity index (χ4v) is 13.6. The van der Waals surface area contributed by atoms with Crippen molar-refractivity contribution >= 4 is 98.4 Å². The third kappa shape index (κ3) is 8.41. The number of rotatable bonds is 11. The number of nitrogens with one attached hydrogen (secondary N) is 1. The summed E-state index contributed by atoms with van der Waals surface area (Å²) in [6.07, 6.45) is 8.92. The van der Waals surface area contributed by atoms with Gasteiger partial charge in [0.05, 0.1) is 4.47 Å². The second-order valence-electron chi connectivity index (χ2n) is 12.0. The van der Waals surface area contributed by atoms with Crippen molar-refractivity contribution in [2.45, 2.75) is 72.4 Å². The van der Waals surface area contributed by atoms with E-state index in [-0.39, 0.29) is 21.9 Å². The van der Waals surface area contributed by atoms with E-state index in [9.17, 15) is 26.7 Å². The lowest BCUT2D eigenvalue weighted by molar-refractivity contribution is -0.144. The number of hydrogen-bond acceptors (Lipinski definition) is 9. The highest BCUT2D eigenvalue weighted by Gasteiger charge is 2.44. The topological polar surface area (TPSA) is 137 Å². The standard InChI is InChI=1S/C28H37Br2ClN4O6S4/c29-22-17-24(43-25(22)31)45(40,41)35-12-6-20(7-13-35)3-1-2-19-4-10-34(11-5-19)26-23(30)16-21(18-32-26)44(38,39)33-28(27(36)37)8-14-42-15-9-28/h16-20,33H,1-15H2,(H,36,37). The number of thioether (sulfide) groups is 1. The molecule has 0 amide bonds. The molecule has 5 heterocycles. The number of sulfonamides is 2. The first-order valence-corrected chi connectivity index (χ1v) is 21.9. The number of carboxylic acid groups (broad SMARTS) is 1. The predicted octanol–water partition coefficient (Wildman–Crippen LogP) is 6.44. The number of pyridine rings is 1. The minimum Gasteiger partial charge on any atom is -0.480 e. The van der Waals surface area contributed by atoms with Gasteiger partial charge in [0.15, 0.2) is 0 Å². The summed E-state index contributed by atoms with van der Waals surface area (Å²) in [5.41, 5.74) is -1.49. The lowest BCUT2D eigenvalue weighted by Gasteiger charge is -2.34. The molecule has 0 saturated carbocycles. The maximum Gasteiger partial charge on any atom is 0.324 e. The SMILES string of the molecule is O=C(O)C1(NS(=O)(=O)c2cnc(N3CCC(CCCC4CCN(S(=O)(=O)c5cc(Br)c(Cl)s5)CC4)CC3)c(Br)c2)CCSCC1. The number of carbonyl (C=O) groups is 1. The monoisotopic (exact) mass is 846 g/mol. The van der Waals surface area contributed by atoms with Gasteiger partial charge in [0.1, 0.15) is 24.8 Å². The molecule has 3 fully saturated rings. The number of hydrogen-bond donors (Lipinski definition) is 2. The van der Waals surface area contributed by atoms with Crippen LogP contribution in [0.3, 0.4) is 0 Å². The Morgan fingerprint density at radius 1 is 1.00 bits per heavy atom. The molecule has 5 rings (SSSR count). The van der Waals surface area contributed by atoms with E-state index in [1.165, 1.54) is 12.3 Å². The van der Waals surface area contributed by atoms with Crippen molar-refractivity contribution in [1.82, 2.24) is 14.0 Å². The number of anilines is 1. The fraction of sp³-hybridized carbons (Fsp3) is 0.643. The van der Waals surface area contributed by atoms with Crippen LogP contribution >= 0.6 is 66.6 Å². The van der Waals surface area contributed by atoms with Crippen LogP contribution in [0.25, 0.3) is 0 Å². The van der Waals surface area contributed by atoms with E-state index in [0.717, 1.165) is 69.4 Å². The number of aliphatic carboxylic acids is 1. The molecule has 250 valence electrons. The van der Waals surface area contributed by atoms with Crippen LogP contribution in [-0.4, -0.2) is 80.4 Å². The van der Waals surface area contributed by atoms with Gasteiger partial charge >= 0.3 is 5.97 Å². The summed E-state index contributed by atoms with van der Waals surface area (Å²) in [7, 11) is -7.58. The molecule has 0 radical (unpaired) electrons. The van der Waals surface area contributed by atoms with E-state index < -0.39 is 31.6 Å². The van der Waals surface area contributed by atoms with Crippen LogP contribution in [-0.2, 0) is 24.8 Å². The van der Waals surface area contributed by atoms with Crippen molar-refractivity contribution < 1.29 is 26.7 Å². The van der Waals surface area contributed by atoms with Gasteiger partial charge in [-0.25, -0.2) is 21.8 Å². The highest BCUT2D eigenvalue weighted by atomic mass is 79.9. The molecule has 45 heavy (non-hydrogen) atoms. The molecule has 3 aliphatic rings. The molecular weight excluding hydrogens is 812 g/mol. The summed E-state index contributed by atoms with van der Waals surface area (Å²) < 4.78 is 58.2. The van der Waals surface area contributed by atoms with Crippen LogP contribution in [0.2, 0.25) is 4.34 Å². The van der Waals surface area contributed by atoms with Crippen LogP contribution < -0.4 is 9.62 Å². The van der Waals surface area contributed by atoms with E-state index in [1.807, 2.05) is 0 Å². The number of aromatic nitrogens is 1. The van der Waals surface area contributed by atoms with Gasteiger partial charge in [0, 0.05) is 36.8 Å². The largest absolute Gasteiger partial charge is 0.480 e. The second kappa shape index (κ2) is 15.0. The molecular formula is C28H37Br2ClN4O6S4. The Balaban J connectivity index is 1.06. The van der Waals surface area contributed by atoms with E-state index in [1.54, 1.807) is 22.1 Å². The molecule has 3 aliphatic heterocycles. The van der Waals surface area contributed by atoms with Crippen LogP contribution in [0.4, 0.5) is 5.82 Å². The fourth-order valence-electron chi connectivity index (χ4n) is 6.34. The molecule has 10 nitrogen and oxygen atoms in total. The molecule has 0 aromatic carbocycles. The molecule has 0 aliphatic carbocycles. The molecule has 0 spiro atoms. The molecule has 0 unspecified atom stereocenters. The van der Waals surface area contributed by atoms with Gasteiger partial charge in [-0.05, 0) is 106 Å². The molecule has 17 heteroatoms. The zero-order valence-electron chi connectivity index (χ0n) is 24.6. The maximum atomic E-state index is 13.1. The Labute approximate surface area is 295 Å². The van der Waals surface area contributed by atoms with Gasteiger partial charge in [-0.3, -0.25) is 4.79 Å². The average molecular weight is 849 g/mol. The van der Waals surface area contributed by atoms with Crippen molar-refractivity contribution in [2.75, 3.05) is 42.6 Å². The Morgan fingerprint density at radius 2 is 1.60 bits per heavy atom. The third-order valence-electron chi connectivity index (χ3n) is 9.12. The summed E-state index contributed by atoms with van der Waals surface area (Å²) in [5, 5.41) is 9.80. The number of halogens is 3. The van der Waals surface area contributed by atoms with Crippen molar-refractivity contribution in [1.29, 1.82) is 0 Å². The van der Waals surface area contributed by atoms with Gasteiger partial charge in [-0.1, -0.05) is 30.9 Å². The van der Waals surface area contributed by atoms with Crippen molar-refractivity contribution in [3.05, 3.63) is 31.6 Å². The number of thiophene rings is 1. The Kier molecular flexibility index (Phi) is 11.9. The second-order valence-corrected chi connectivity index (χ2v) is 20.4. The van der Waals surface area contributed by atoms with Crippen molar-refractivity contribution in [3.63, 3.8) is 0 Å². The van der Waals surface area contributed by atoms with Gasteiger partial charge in [-0.15, -0.1) is 11.3 Å². The summed E-state index contributed by atoms with van der Waals surface area (Å²) in [6.45, 7) is 2.71. The quantitative estimate of drug-likeness (QED) is 0.262. The van der Waals surface area contributed by atoms with Crippen LogP contribution in [0.1, 0.15) is 57.8 Å². The zero-order valence-corrected chi connectivity index (χ0v) is 31.8. The number of carboxylic acids is 1. The van der Waals surface area contributed by atoms with E-state index >= 15 is 0 Å². The third-order valence-corrected chi connectivity index (χ3v) is 17.0. The van der Waals surface area contributed by atoms with Gasteiger partial charge < -0.3 is 10.0 Å². The summed E-state index contributed by atoms with van der Waals surface area (Å²) in [5.74, 6) is 1.84. The first-order valence-electron chi connectivity index (χ1n) is 15.0. The Bertz CT molecular complexity index is 1570. The first kappa shape index (κ1) is 35.8. The first-order chi connectivity index (χ1) is 21.3. The predicted molar refractivity (Wildman–Crippen MR) is 186 cm³/mol. The van der Waals surface area contributed by atoms with Crippen LogP contribution in [0.5, 0.6) is 0 Å². The molecule has 2 aromatic heterocycles. The van der Waals surface area contributed by atoms with Crippen LogP contribution in [0, 0.1) is 11.8 Å². The summed E-state index contributed by atoms with van der Waals surface area (Å²) in [4.78, 5) is 18.6. The lowest BCUT2D eigenvalue weighted by Crippen LogP contribution is -2.56. The normalized spacial score (nSPS) is 20.8. The van der Waals surface area contributed by atoms with E-state index in [2.05, 4.69) is 46.5 Å². The molecule has 0 bridgehead atoms. The minimum atomic E-state index is -4.08. The van der Waals surface area contributed by atoms with E-state index in [4.69, 9.17) is 11.6 Å². The van der Waals surface area contributed by atoms with Gasteiger partial charge in [0.2, 0.25) is 10.0 Å². The Hall–Kier alpha value is -0.460. The number of piperidine rings is 2. The van der Waals surface area contributed by atoms with Crippen molar-refractivity contribution in [2.24, 2.45) is 11.8 Å². The average Bonchev–Trinajstić information content (AvgIpc) is 3.36. The van der Waals surface area contributed by atoms with Gasteiger partial charge in [0.25, 0.3) is 10.0 Å². The number of nitrogens with zero attached hydrogens (tertiary/aromatic N) is 3. The maximum absolute atomic E-state index is 13.1. The van der Waals surface area contributed by atoms with E-state index in [0.29, 0.717) is 55.5 Å². The highest BCUT2D eigenvalue weighted by Crippen LogP contribution is 2.38. The molecule has 2 N–H and O–H groups in total. The minimum absolute atomic E-state index is 0.0562.